The maximum atomic E-state index is 15.4. The molecule has 8 nitrogen and oxygen atoms in total. The third kappa shape index (κ3) is 4.47. The third-order valence-corrected chi connectivity index (χ3v) is 7.19. The molecule has 0 N–H and O–H groups in total. The summed E-state index contributed by atoms with van der Waals surface area (Å²) in [5.74, 6) is -0.529. The molecular formula is C29H28FN5O3. The first-order chi connectivity index (χ1) is 18.5. The van der Waals surface area contributed by atoms with Crippen LogP contribution in [0.4, 0.5) is 4.39 Å². The number of halogens is 1. The van der Waals surface area contributed by atoms with Gasteiger partial charge in [0.05, 0.1) is 29.9 Å². The SMILES string of the molecule is CCCc1c(Cc2ccc(-c3ccccc3C#N)cc2F)c(=O)n(C2CC(C(=O)OCC)C2)c2ncnn12. The second kappa shape index (κ2) is 10.6. The summed E-state index contributed by atoms with van der Waals surface area (Å²) in [6.07, 6.45) is 3.81. The van der Waals surface area contributed by atoms with E-state index in [0.717, 1.165) is 6.42 Å². The minimum absolute atomic E-state index is 0.0873. The van der Waals surface area contributed by atoms with Crippen molar-refractivity contribution < 1.29 is 13.9 Å². The van der Waals surface area contributed by atoms with Crippen LogP contribution in [-0.4, -0.2) is 31.7 Å². The Morgan fingerprint density at radius 2 is 2.00 bits per heavy atom. The molecule has 0 amide bonds. The highest BCUT2D eigenvalue weighted by Gasteiger charge is 2.39. The Kier molecular flexibility index (Phi) is 7.05. The molecule has 0 aliphatic heterocycles. The van der Waals surface area contributed by atoms with E-state index in [4.69, 9.17) is 4.74 Å². The molecule has 0 saturated heterocycles. The maximum Gasteiger partial charge on any atom is 0.309 e. The van der Waals surface area contributed by atoms with Crippen LogP contribution in [0.3, 0.4) is 0 Å². The van der Waals surface area contributed by atoms with Crippen LogP contribution in [-0.2, 0) is 22.4 Å². The average molecular weight is 514 g/mol. The van der Waals surface area contributed by atoms with Gasteiger partial charge in [-0.3, -0.25) is 14.2 Å². The number of nitriles is 1. The second-order valence-corrected chi connectivity index (χ2v) is 9.54. The van der Waals surface area contributed by atoms with Gasteiger partial charge in [-0.1, -0.05) is 43.7 Å². The molecule has 1 aliphatic rings. The van der Waals surface area contributed by atoms with E-state index in [1.165, 1.54) is 12.4 Å². The molecule has 0 unspecified atom stereocenters. The summed E-state index contributed by atoms with van der Waals surface area (Å²) in [4.78, 5) is 30.4. The fourth-order valence-electron chi connectivity index (χ4n) is 5.21. The van der Waals surface area contributed by atoms with Gasteiger partial charge in [-0.2, -0.15) is 15.3 Å². The van der Waals surface area contributed by atoms with E-state index < -0.39 is 5.82 Å². The molecule has 2 aromatic heterocycles. The summed E-state index contributed by atoms with van der Waals surface area (Å²) in [6, 6.07) is 13.8. The predicted molar refractivity (Wildman–Crippen MR) is 139 cm³/mol. The molecule has 5 rings (SSSR count). The highest BCUT2D eigenvalue weighted by molar-refractivity contribution is 5.73. The van der Waals surface area contributed by atoms with Crippen molar-refractivity contribution in [3.05, 3.63) is 87.3 Å². The van der Waals surface area contributed by atoms with Gasteiger partial charge >= 0.3 is 5.97 Å². The van der Waals surface area contributed by atoms with Crippen LogP contribution in [0.25, 0.3) is 16.9 Å². The van der Waals surface area contributed by atoms with Crippen LogP contribution in [0.1, 0.15) is 61.5 Å². The minimum Gasteiger partial charge on any atom is -0.466 e. The first kappa shape index (κ1) is 25.3. The first-order valence-electron chi connectivity index (χ1n) is 12.9. The topological polar surface area (TPSA) is 102 Å². The highest BCUT2D eigenvalue weighted by Crippen LogP contribution is 2.39. The summed E-state index contributed by atoms with van der Waals surface area (Å²) in [5, 5.41) is 13.8. The average Bonchev–Trinajstić information content (AvgIpc) is 3.37. The van der Waals surface area contributed by atoms with Crippen molar-refractivity contribution in [1.82, 2.24) is 19.2 Å². The summed E-state index contributed by atoms with van der Waals surface area (Å²) in [7, 11) is 0. The van der Waals surface area contributed by atoms with E-state index >= 15 is 4.39 Å². The number of carbonyl (C=O) groups excluding carboxylic acids is 1. The van der Waals surface area contributed by atoms with E-state index in [0.29, 0.717) is 65.2 Å². The van der Waals surface area contributed by atoms with E-state index in [1.807, 2.05) is 13.0 Å². The van der Waals surface area contributed by atoms with Crippen molar-refractivity contribution in [2.75, 3.05) is 6.61 Å². The van der Waals surface area contributed by atoms with Crippen LogP contribution in [0.2, 0.25) is 0 Å². The largest absolute Gasteiger partial charge is 0.466 e. The van der Waals surface area contributed by atoms with Crippen LogP contribution in [0.5, 0.6) is 0 Å². The number of aromatic nitrogens is 4. The number of esters is 1. The fourth-order valence-corrected chi connectivity index (χ4v) is 5.21. The fraction of sp³-hybridized carbons (Fsp3) is 0.345. The van der Waals surface area contributed by atoms with Gasteiger partial charge in [-0.25, -0.2) is 8.91 Å². The van der Waals surface area contributed by atoms with Crippen molar-refractivity contribution in [1.29, 1.82) is 5.26 Å². The smallest absolute Gasteiger partial charge is 0.309 e. The summed E-state index contributed by atoms with van der Waals surface area (Å²) >= 11 is 0. The normalized spacial score (nSPS) is 16.7. The van der Waals surface area contributed by atoms with Gasteiger partial charge in [-0.15, -0.1) is 0 Å². The van der Waals surface area contributed by atoms with Gasteiger partial charge in [0.15, 0.2) is 0 Å². The molecule has 2 aromatic carbocycles. The van der Waals surface area contributed by atoms with Crippen molar-refractivity contribution in [3.63, 3.8) is 0 Å². The Hall–Kier alpha value is -4.32. The van der Waals surface area contributed by atoms with Crippen molar-refractivity contribution in [3.8, 4) is 17.2 Å². The number of hydrogen-bond acceptors (Lipinski definition) is 6. The number of rotatable bonds is 8. The van der Waals surface area contributed by atoms with E-state index in [1.54, 1.807) is 46.3 Å². The molecule has 1 fully saturated rings. The number of fused-ring (bicyclic) bond motifs is 1. The van der Waals surface area contributed by atoms with Crippen molar-refractivity contribution in [2.45, 2.75) is 52.0 Å². The minimum atomic E-state index is -0.451. The van der Waals surface area contributed by atoms with Crippen molar-refractivity contribution >= 4 is 11.7 Å². The monoisotopic (exact) mass is 513 g/mol. The lowest BCUT2D eigenvalue weighted by Crippen LogP contribution is -2.40. The van der Waals surface area contributed by atoms with Crippen LogP contribution >= 0.6 is 0 Å². The zero-order valence-electron chi connectivity index (χ0n) is 21.4. The first-order valence-corrected chi connectivity index (χ1v) is 12.9. The molecule has 9 heteroatoms. The van der Waals surface area contributed by atoms with Crippen LogP contribution in [0.15, 0.2) is 53.6 Å². The van der Waals surface area contributed by atoms with E-state index in [-0.39, 0.29) is 29.9 Å². The van der Waals surface area contributed by atoms with Gasteiger partial charge in [-0.05, 0) is 55.0 Å². The summed E-state index contributed by atoms with van der Waals surface area (Å²) < 4.78 is 23.8. The van der Waals surface area contributed by atoms with Gasteiger partial charge in [0.2, 0.25) is 5.78 Å². The molecule has 4 aromatic rings. The van der Waals surface area contributed by atoms with Crippen LogP contribution in [0, 0.1) is 23.1 Å². The Morgan fingerprint density at radius 3 is 2.71 bits per heavy atom. The molecule has 38 heavy (non-hydrogen) atoms. The molecule has 194 valence electrons. The molecule has 0 spiro atoms. The van der Waals surface area contributed by atoms with Gasteiger partial charge < -0.3 is 4.74 Å². The highest BCUT2D eigenvalue weighted by atomic mass is 19.1. The zero-order chi connectivity index (χ0) is 26.8. The number of carbonyl (C=O) groups is 1. The summed E-state index contributed by atoms with van der Waals surface area (Å²) in [5.41, 5.74) is 3.03. The maximum absolute atomic E-state index is 15.4. The molecule has 0 radical (unpaired) electrons. The number of benzene rings is 2. The molecule has 0 bridgehead atoms. The Bertz CT molecular complexity index is 1610. The summed E-state index contributed by atoms with van der Waals surface area (Å²) in [6.45, 7) is 4.09. The lowest BCUT2D eigenvalue weighted by molar-refractivity contribution is -0.152. The Morgan fingerprint density at radius 1 is 1.21 bits per heavy atom. The number of aryl methyl sites for hydroxylation is 1. The van der Waals surface area contributed by atoms with Gasteiger partial charge in [0.1, 0.15) is 12.1 Å². The zero-order valence-corrected chi connectivity index (χ0v) is 21.4. The van der Waals surface area contributed by atoms with Crippen molar-refractivity contribution in [2.24, 2.45) is 5.92 Å². The quantitative estimate of drug-likeness (QED) is 0.319. The van der Waals surface area contributed by atoms with Gasteiger partial charge in [0.25, 0.3) is 5.56 Å². The van der Waals surface area contributed by atoms with E-state index in [9.17, 15) is 14.9 Å². The van der Waals surface area contributed by atoms with Gasteiger partial charge in [0, 0.05) is 18.0 Å². The molecule has 0 atom stereocenters. The lowest BCUT2D eigenvalue weighted by Gasteiger charge is -2.35. The lowest BCUT2D eigenvalue weighted by atomic mass is 9.80. The number of hydrogen-bond donors (Lipinski definition) is 0. The molecular weight excluding hydrogens is 485 g/mol. The molecule has 1 saturated carbocycles. The standard InChI is InChI=1S/C29H28FN5O3/c1-3-7-26-24(14-19-11-10-18(15-25(19)30)23-9-6-5-8-20(23)16-31)27(36)34(29-32-17-33-35(26)29)22-12-21(13-22)28(37)38-4-2/h5-6,8-11,15,17,21-22H,3-4,7,12-14H2,1-2H3. The number of nitrogens with zero attached hydrogens (tertiary/aromatic N) is 5. The number of ether oxygens (including phenoxy) is 1. The molecule has 2 heterocycles. The molecule has 1 aliphatic carbocycles. The predicted octanol–water partition coefficient (Wildman–Crippen LogP) is 4.63. The second-order valence-electron chi connectivity index (χ2n) is 9.54. The Balaban J connectivity index is 1.54. The third-order valence-electron chi connectivity index (χ3n) is 7.19. The van der Waals surface area contributed by atoms with Crippen LogP contribution < -0.4 is 5.56 Å². The Labute approximate surface area is 219 Å². The van der Waals surface area contributed by atoms with E-state index in [2.05, 4.69) is 16.2 Å².